The van der Waals surface area contributed by atoms with E-state index in [1.165, 1.54) is 6.07 Å². The molecular formula is C23H21NO5. The van der Waals surface area contributed by atoms with Gasteiger partial charge < -0.3 is 18.5 Å². The summed E-state index contributed by atoms with van der Waals surface area (Å²) in [7, 11) is 1.62. The average Bonchev–Trinajstić information content (AvgIpc) is 2.69. The molecule has 6 heteroatoms. The molecule has 0 saturated heterocycles. The summed E-state index contributed by atoms with van der Waals surface area (Å²) in [5.41, 5.74) is 2.61. The van der Waals surface area contributed by atoms with Crippen molar-refractivity contribution in [1.29, 1.82) is 0 Å². The topological polar surface area (TPSA) is 70.7 Å². The first-order chi connectivity index (χ1) is 14.0. The first-order valence-corrected chi connectivity index (χ1v) is 9.32. The highest BCUT2D eigenvalue weighted by Gasteiger charge is 2.09. The van der Waals surface area contributed by atoms with Crippen LogP contribution in [0, 0.1) is 13.8 Å². The Labute approximate surface area is 166 Å². The Hall–Kier alpha value is -3.54. The van der Waals surface area contributed by atoms with E-state index in [0.717, 1.165) is 33.2 Å². The Morgan fingerprint density at radius 2 is 1.66 bits per heavy atom. The lowest BCUT2D eigenvalue weighted by atomic mass is 10.1. The number of fused-ring (bicyclic) bond motifs is 2. The summed E-state index contributed by atoms with van der Waals surface area (Å²) in [5.74, 6) is 1.33. The summed E-state index contributed by atoms with van der Waals surface area (Å²) in [6.07, 6.45) is 0. The highest BCUT2D eigenvalue weighted by molar-refractivity contribution is 5.84. The van der Waals surface area contributed by atoms with Gasteiger partial charge in [0.2, 0.25) is 0 Å². The minimum Gasteiger partial charge on any atom is -0.497 e. The van der Waals surface area contributed by atoms with E-state index in [1.54, 1.807) is 23.8 Å². The fourth-order valence-electron chi connectivity index (χ4n) is 3.53. The van der Waals surface area contributed by atoms with Crippen molar-refractivity contribution in [2.45, 2.75) is 20.4 Å². The minimum absolute atomic E-state index is 0.0797. The molecule has 0 saturated carbocycles. The fraction of sp³-hybridized carbons (Fsp3) is 0.217. The van der Waals surface area contributed by atoms with Crippen LogP contribution in [0.15, 0.2) is 62.5 Å². The first kappa shape index (κ1) is 18.8. The van der Waals surface area contributed by atoms with Gasteiger partial charge in [0.15, 0.2) is 0 Å². The zero-order valence-corrected chi connectivity index (χ0v) is 16.5. The molecule has 2 heterocycles. The molecule has 0 radical (unpaired) electrons. The second-order valence-corrected chi connectivity index (χ2v) is 6.96. The smallest absolute Gasteiger partial charge is 0.336 e. The fourth-order valence-corrected chi connectivity index (χ4v) is 3.53. The van der Waals surface area contributed by atoms with Gasteiger partial charge in [-0.05, 0) is 55.3 Å². The molecule has 2 aromatic carbocycles. The van der Waals surface area contributed by atoms with Gasteiger partial charge >= 0.3 is 5.63 Å². The molecule has 2 aromatic heterocycles. The van der Waals surface area contributed by atoms with E-state index in [9.17, 15) is 9.59 Å². The lowest BCUT2D eigenvalue weighted by Crippen LogP contribution is -2.23. The van der Waals surface area contributed by atoms with Gasteiger partial charge in [0.25, 0.3) is 5.56 Å². The molecule has 0 bridgehead atoms. The summed E-state index contributed by atoms with van der Waals surface area (Å²) in [6, 6.07) is 14.1. The SMILES string of the molecule is COc1ccc2c(c1)c(C)cc(=O)n2CCOc1ccc2c(C)cc(=O)oc2c1. The highest BCUT2D eigenvalue weighted by Crippen LogP contribution is 2.24. The summed E-state index contributed by atoms with van der Waals surface area (Å²) in [6.45, 7) is 4.46. The molecule has 0 unspecified atom stereocenters. The van der Waals surface area contributed by atoms with Crippen LogP contribution >= 0.6 is 0 Å². The summed E-state index contributed by atoms with van der Waals surface area (Å²) in [4.78, 5) is 24.1. The first-order valence-electron chi connectivity index (χ1n) is 9.32. The molecule has 6 nitrogen and oxygen atoms in total. The second kappa shape index (κ2) is 7.47. The van der Waals surface area contributed by atoms with Crippen LogP contribution in [0.25, 0.3) is 21.9 Å². The van der Waals surface area contributed by atoms with E-state index in [2.05, 4.69) is 0 Å². The predicted molar refractivity (Wildman–Crippen MR) is 112 cm³/mol. The number of pyridine rings is 1. The van der Waals surface area contributed by atoms with Crippen LogP contribution in [0.1, 0.15) is 11.1 Å². The van der Waals surface area contributed by atoms with Crippen molar-refractivity contribution in [1.82, 2.24) is 4.57 Å². The number of rotatable bonds is 5. The normalized spacial score (nSPS) is 11.1. The Balaban J connectivity index is 1.60. The van der Waals surface area contributed by atoms with Gasteiger partial charge in [-0.15, -0.1) is 0 Å². The summed E-state index contributed by atoms with van der Waals surface area (Å²) < 4.78 is 18.1. The molecule has 0 amide bonds. The number of benzene rings is 2. The predicted octanol–water partition coefficient (Wildman–Crippen LogP) is 3.81. The number of hydrogen-bond acceptors (Lipinski definition) is 5. The standard InChI is InChI=1S/C23H21NO5/c1-14-10-22(25)24(20-7-5-16(27-3)12-19(14)20)8-9-28-17-4-6-18-15(2)11-23(26)29-21(18)13-17/h4-7,10-13H,8-9H2,1-3H3. The Bertz CT molecular complexity index is 1330. The van der Waals surface area contributed by atoms with Gasteiger partial charge in [-0.2, -0.15) is 0 Å². The molecule has 0 aliphatic carbocycles. The Morgan fingerprint density at radius 3 is 2.45 bits per heavy atom. The van der Waals surface area contributed by atoms with Crippen molar-refractivity contribution in [2.24, 2.45) is 0 Å². The van der Waals surface area contributed by atoms with E-state index < -0.39 is 0 Å². The van der Waals surface area contributed by atoms with Crippen LogP contribution < -0.4 is 20.7 Å². The van der Waals surface area contributed by atoms with Crippen LogP contribution in [0.2, 0.25) is 0 Å². The van der Waals surface area contributed by atoms with Crippen LogP contribution in [-0.2, 0) is 6.54 Å². The molecule has 4 aromatic rings. The molecule has 4 rings (SSSR count). The van der Waals surface area contributed by atoms with Gasteiger partial charge in [-0.25, -0.2) is 4.79 Å². The van der Waals surface area contributed by atoms with Crippen LogP contribution in [-0.4, -0.2) is 18.3 Å². The molecule has 0 atom stereocenters. The monoisotopic (exact) mass is 391 g/mol. The van der Waals surface area contributed by atoms with Crippen LogP contribution in [0.3, 0.4) is 0 Å². The maximum absolute atomic E-state index is 12.5. The number of aromatic nitrogens is 1. The van der Waals surface area contributed by atoms with Gasteiger partial charge in [0.1, 0.15) is 23.7 Å². The van der Waals surface area contributed by atoms with E-state index >= 15 is 0 Å². The van der Waals surface area contributed by atoms with Crippen molar-refractivity contribution in [2.75, 3.05) is 13.7 Å². The highest BCUT2D eigenvalue weighted by atomic mass is 16.5. The molecular weight excluding hydrogens is 370 g/mol. The van der Waals surface area contributed by atoms with Gasteiger partial charge in [0, 0.05) is 29.0 Å². The quantitative estimate of drug-likeness (QED) is 0.484. The number of aryl methyl sites for hydroxylation is 2. The van der Waals surface area contributed by atoms with Crippen LogP contribution in [0.5, 0.6) is 11.5 Å². The van der Waals surface area contributed by atoms with Crippen LogP contribution in [0.4, 0.5) is 0 Å². The molecule has 0 N–H and O–H groups in total. The van der Waals surface area contributed by atoms with Crippen molar-refractivity contribution in [3.05, 3.63) is 80.4 Å². The van der Waals surface area contributed by atoms with Crippen molar-refractivity contribution < 1.29 is 13.9 Å². The van der Waals surface area contributed by atoms with E-state index in [1.807, 2.05) is 44.2 Å². The minimum atomic E-state index is -0.389. The van der Waals surface area contributed by atoms with E-state index in [4.69, 9.17) is 13.9 Å². The van der Waals surface area contributed by atoms with E-state index in [0.29, 0.717) is 24.5 Å². The van der Waals surface area contributed by atoms with E-state index in [-0.39, 0.29) is 11.2 Å². The van der Waals surface area contributed by atoms with Gasteiger partial charge in [0.05, 0.1) is 19.2 Å². The molecule has 0 aliphatic heterocycles. The Morgan fingerprint density at radius 1 is 0.897 bits per heavy atom. The maximum Gasteiger partial charge on any atom is 0.336 e. The largest absolute Gasteiger partial charge is 0.497 e. The molecule has 0 spiro atoms. The Kier molecular flexibility index (Phi) is 4.84. The molecule has 0 aliphatic rings. The summed E-state index contributed by atoms with van der Waals surface area (Å²) >= 11 is 0. The lowest BCUT2D eigenvalue weighted by molar-refractivity contribution is 0.298. The molecule has 148 valence electrons. The van der Waals surface area contributed by atoms with Crippen molar-refractivity contribution >= 4 is 21.9 Å². The van der Waals surface area contributed by atoms with Crippen molar-refractivity contribution in [3.63, 3.8) is 0 Å². The number of ether oxygens (including phenoxy) is 2. The molecule has 0 fully saturated rings. The maximum atomic E-state index is 12.5. The number of methoxy groups -OCH3 is 1. The number of nitrogens with zero attached hydrogens (tertiary/aromatic N) is 1. The third-order valence-electron chi connectivity index (χ3n) is 5.03. The average molecular weight is 391 g/mol. The lowest BCUT2D eigenvalue weighted by Gasteiger charge is -2.14. The second-order valence-electron chi connectivity index (χ2n) is 6.96. The third-order valence-corrected chi connectivity index (χ3v) is 5.03. The third kappa shape index (κ3) is 3.61. The van der Waals surface area contributed by atoms with Gasteiger partial charge in [-0.3, -0.25) is 4.79 Å². The van der Waals surface area contributed by atoms with Crippen molar-refractivity contribution in [3.8, 4) is 11.5 Å². The number of hydrogen-bond donors (Lipinski definition) is 0. The zero-order chi connectivity index (χ0) is 20.5. The van der Waals surface area contributed by atoms with Gasteiger partial charge in [-0.1, -0.05) is 0 Å². The zero-order valence-electron chi connectivity index (χ0n) is 16.5. The summed E-state index contributed by atoms with van der Waals surface area (Å²) in [5, 5.41) is 1.83. The molecule has 29 heavy (non-hydrogen) atoms.